The van der Waals surface area contributed by atoms with Crippen molar-refractivity contribution in [2.45, 2.75) is 13.3 Å². The molecule has 0 atom stereocenters. The highest BCUT2D eigenvalue weighted by atomic mass is 35.5. The molecule has 0 aliphatic carbocycles. The molecule has 1 amide bonds. The van der Waals surface area contributed by atoms with Crippen LogP contribution in [0.25, 0.3) is 10.2 Å². The summed E-state index contributed by atoms with van der Waals surface area (Å²) < 4.78 is 6.48. The number of carbonyl (C=O) groups is 1. The minimum atomic E-state index is -0.180. The van der Waals surface area contributed by atoms with Crippen LogP contribution in [0.4, 0.5) is 5.13 Å². The van der Waals surface area contributed by atoms with Crippen LogP contribution in [0.1, 0.15) is 22.3 Å². The van der Waals surface area contributed by atoms with Crippen LogP contribution in [0.2, 0.25) is 10.0 Å². The van der Waals surface area contributed by atoms with E-state index in [-0.39, 0.29) is 5.91 Å². The number of anilines is 1. The maximum atomic E-state index is 13.5. The Morgan fingerprint density at radius 1 is 1.20 bits per heavy atom. The van der Waals surface area contributed by atoms with E-state index in [2.05, 4.69) is 17.9 Å². The minimum absolute atomic E-state index is 0.180. The maximum Gasteiger partial charge on any atom is 0.261 e. The maximum absolute atomic E-state index is 13.5. The quantitative estimate of drug-likeness (QED) is 0.498. The first kappa shape index (κ1) is 21.5. The zero-order valence-corrected chi connectivity index (χ0v) is 19.1. The first-order chi connectivity index (χ1) is 14.5. The highest BCUT2D eigenvalue weighted by Gasteiger charge is 2.24. The number of hydrogen-bond donors (Lipinski definition) is 0. The first-order valence-corrected chi connectivity index (χ1v) is 11.5. The van der Waals surface area contributed by atoms with Gasteiger partial charge >= 0.3 is 0 Å². The summed E-state index contributed by atoms with van der Waals surface area (Å²) in [5.74, 6) is -0.180. The van der Waals surface area contributed by atoms with Gasteiger partial charge in [-0.05, 0) is 49.2 Å². The van der Waals surface area contributed by atoms with Crippen molar-refractivity contribution in [3.63, 3.8) is 0 Å². The zero-order chi connectivity index (χ0) is 21.1. The van der Waals surface area contributed by atoms with E-state index >= 15 is 0 Å². The molecule has 1 saturated heterocycles. The summed E-state index contributed by atoms with van der Waals surface area (Å²) >= 11 is 14.0. The molecule has 3 aromatic rings. The van der Waals surface area contributed by atoms with Gasteiger partial charge in [0.05, 0.1) is 34.0 Å². The molecule has 0 unspecified atom stereocenters. The lowest BCUT2D eigenvalue weighted by atomic mass is 10.2. The van der Waals surface area contributed by atoms with Gasteiger partial charge in [-0.15, -0.1) is 0 Å². The fourth-order valence-corrected chi connectivity index (χ4v) is 4.96. The number of nitrogens with zero attached hydrogens (tertiary/aromatic N) is 3. The Morgan fingerprint density at radius 2 is 2.00 bits per heavy atom. The van der Waals surface area contributed by atoms with E-state index in [9.17, 15) is 4.79 Å². The summed E-state index contributed by atoms with van der Waals surface area (Å²) in [5, 5.41) is 1.55. The fourth-order valence-electron chi connectivity index (χ4n) is 3.50. The van der Waals surface area contributed by atoms with E-state index in [4.69, 9.17) is 32.9 Å². The predicted octanol–water partition coefficient (Wildman–Crippen LogP) is 5.28. The molecule has 1 aliphatic heterocycles. The van der Waals surface area contributed by atoms with Crippen molar-refractivity contribution in [3.8, 4) is 0 Å². The third kappa shape index (κ3) is 4.95. The van der Waals surface area contributed by atoms with Gasteiger partial charge in [-0.2, -0.15) is 0 Å². The van der Waals surface area contributed by atoms with E-state index in [0.29, 0.717) is 27.3 Å². The van der Waals surface area contributed by atoms with Crippen LogP contribution >= 0.6 is 34.5 Å². The number of benzene rings is 2. The molecule has 8 heteroatoms. The molecule has 1 aromatic heterocycles. The van der Waals surface area contributed by atoms with Gasteiger partial charge in [-0.3, -0.25) is 14.6 Å². The summed E-state index contributed by atoms with van der Waals surface area (Å²) in [7, 11) is 0. The average molecular weight is 464 g/mol. The molecular formula is C22H23Cl2N3O2S. The Kier molecular flexibility index (Phi) is 6.91. The van der Waals surface area contributed by atoms with Crippen molar-refractivity contribution in [2.75, 3.05) is 44.3 Å². The summed E-state index contributed by atoms with van der Waals surface area (Å²) in [5.41, 5.74) is 2.45. The Morgan fingerprint density at radius 3 is 2.80 bits per heavy atom. The summed E-state index contributed by atoms with van der Waals surface area (Å²) in [6.07, 6.45) is 0.832. The van der Waals surface area contributed by atoms with Crippen LogP contribution in [0, 0.1) is 6.92 Å². The van der Waals surface area contributed by atoms with Crippen molar-refractivity contribution >= 4 is 55.8 Å². The third-order valence-electron chi connectivity index (χ3n) is 5.13. The Hall–Kier alpha value is -1.70. The number of halogens is 2. The molecule has 30 heavy (non-hydrogen) atoms. The van der Waals surface area contributed by atoms with Gasteiger partial charge in [-0.25, -0.2) is 4.98 Å². The highest BCUT2D eigenvalue weighted by molar-refractivity contribution is 7.22. The van der Waals surface area contributed by atoms with Crippen molar-refractivity contribution in [3.05, 3.63) is 57.6 Å². The molecule has 0 bridgehead atoms. The van der Waals surface area contributed by atoms with Crippen molar-refractivity contribution in [2.24, 2.45) is 0 Å². The normalized spacial score (nSPS) is 14.9. The molecule has 2 aromatic carbocycles. The summed E-state index contributed by atoms with van der Waals surface area (Å²) in [6, 6.07) is 11.1. The van der Waals surface area contributed by atoms with E-state index in [1.165, 1.54) is 16.9 Å². The topological polar surface area (TPSA) is 45.7 Å². The Balaban J connectivity index is 1.60. The number of ether oxygens (including phenoxy) is 1. The number of amides is 1. The van der Waals surface area contributed by atoms with Crippen molar-refractivity contribution < 1.29 is 9.53 Å². The van der Waals surface area contributed by atoms with E-state index in [1.54, 1.807) is 23.1 Å². The minimum Gasteiger partial charge on any atom is -0.379 e. The molecule has 158 valence electrons. The molecule has 2 heterocycles. The number of aryl methyl sites for hydroxylation is 1. The molecule has 1 aliphatic rings. The van der Waals surface area contributed by atoms with Crippen LogP contribution in [0.3, 0.4) is 0 Å². The SMILES string of the molecule is Cc1ccc2nc(N(CCCN3CCOCC3)C(=O)c3cc(Cl)ccc3Cl)sc2c1. The monoisotopic (exact) mass is 463 g/mol. The Bertz CT molecular complexity index is 1050. The average Bonchev–Trinajstić information content (AvgIpc) is 3.16. The van der Waals surface area contributed by atoms with Gasteiger partial charge in [0.25, 0.3) is 5.91 Å². The molecule has 0 spiro atoms. The van der Waals surface area contributed by atoms with Crippen LogP contribution in [0.15, 0.2) is 36.4 Å². The number of morpholine rings is 1. The Labute approximate surface area is 190 Å². The van der Waals surface area contributed by atoms with Gasteiger partial charge in [0.15, 0.2) is 5.13 Å². The number of aromatic nitrogens is 1. The second-order valence-electron chi connectivity index (χ2n) is 7.36. The highest BCUT2D eigenvalue weighted by Crippen LogP contribution is 2.32. The van der Waals surface area contributed by atoms with Crippen LogP contribution < -0.4 is 4.90 Å². The zero-order valence-electron chi connectivity index (χ0n) is 16.7. The fraction of sp³-hybridized carbons (Fsp3) is 0.364. The van der Waals surface area contributed by atoms with Gasteiger partial charge in [-0.1, -0.05) is 40.6 Å². The molecule has 0 N–H and O–H groups in total. The lowest BCUT2D eigenvalue weighted by molar-refractivity contribution is 0.0376. The second kappa shape index (κ2) is 9.62. The van der Waals surface area contributed by atoms with Crippen molar-refractivity contribution in [1.82, 2.24) is 9.88 Å². The van der Waals surface area contributed by atoms with Crippen LogP contribution in [0.5, 0.6) is 0 Å². The van der Waals surface area contributed by atoms with Crippen LogP contribution in [-0.4, -0.2) is 55.2 Å². The van der Waals surface area contributed by atoms with E-state index in [1.807, 2.05) is 12.1 Å². The van der Waals surface area contributed by atoms with E-state index in [0.717, 1.165) is 49.5 Å². The molecular weight excluding hydrogens is 441 g/mol. The van der Waals surface area contributed by atoms with Gasteiger partial charge < -0.3 is 4.74 Å². The molecule has 0 radical (unpaired) electrons. The lowest BCUT2D eigenvalue weighted by Gasteiger charge is -2.27. The predicted molar refractivity (Wildman–Crippen MR) is 124 cm³/mol. The number of thiazole rings is 1. The van der Waals surface area contributed by atoms with Gasteiger partial charge in [0.1, 0.15) is 0 Å². The van der Waals surface area contributed by atoms with E-state index < -0.39 is 0 Å². The number of carbonyl (C=O) groups excluding carboxylic acids is 1. The standard InChI is InChI=1S/C22H23Cl2N3O2S/c1-15-3-6-19-20(13-15)30-22(25-19)27(8-2-7-26-9-11-29-12-10-26)21(28)17-14-16(23)4-5-18(17)24/h3-6,13-14H,2,7-12H2,1H3. The molecule has 1 fully saturated rings. The second-order valence-corrected chi connectivity index (χ2v) is 9.21. The number of rotatable bonds is 6. The smallest absolute Gasteiger partial charge is 0.261 e. The molecule has 0 saturated carbocycles. The lowest BCUT2D eigenvalue weighted by Crippen LogP contribution is -2.39. The summed E-state index contributed by atoms with van der Waals surface area (Å²) in [6.45, 7) is 6.88. The van der Waals surface area contributed by atoms with Gasteiger partial charge in [0, 0.05) is 31.2 Å². The first-order valence-electron chi connectivity index (χ1n) is 9.95. The van der Waals surface area contributed by atoms with Crippen molar-refractivity contribution in [1.29, 1.82) is 0 Å². The number of fused-ring (bicyclic) bond motifs is 1. The van der Waals surface area contributed by atoms with Crippen LogP contribution in [-0.2, 0) is 4.74 Å². The molecule has 4 rings (SSSR count). The number of hydrogen-bond acceptors (Lipinski definition) is 5. The summed E-state index contributed by atoms with van der Waals surface area (Å²) in [4.78, 5) is 22.3. The largest absolute Gasteiger partial charge is 0.379 e. The van der Waals surface area contributed by atoms with Gasteiger partial charge in [0.2, 0.25) is 0 Å². The molecule has 5 nitrogen and oxygen atoms in total. The third-order valence-corrected chi connectivity index (χ3v) is 6.73.